The number of alkyl halides is 2. The van der Waals surface area contributed by atoms with Crippen molar-refractivity contribution in [3.63, 3.8) is 0 Å². The zero-order valence-corrected chi connectivity index (χ0v) is 9.41. The van der Waals surface area contributed by atoms with Crippen molar-refractivity contribution in [2.24, 2.45) is 5.73 Å². The van der Waals surface area contributed by atoms with Crippen LogP contribution in [0.2, 0.25) is 0 Å². The Bertz CT molecular complexity index is 540. The van der Waals surface area contributed by atoms with Crippen molar-refractivity contribution in [3.8, 4) is 5.75 Å². The number of fused-ring (bicyclic) bond motifs is 1. The largest absolute Gasteiger partial charge is 0.497 e. The van der Waals surface area contributed by atoms with Gasteiger partial charge in [-0.15, -0.1) is 0 Å². The lowest BCUT2D eigenvalue weighted by Crippen LogP contribution is -2.24. The molecule has 2 rings (SSSR count). The monoisotopic (exact) mass is 237 g/mol. The molecule has 0 aromatic heterocycles. The maximum atomic E-state index is 13.4. The molecule has 4 heteroatoms. The molecule has 0 atom stereocenters. The summed E-state index contributed by atoms with van der Waals surface area (Å²) < 4.78 is 31.9. The molecule has 0 aliphatic rings. The fourth-order valence-electron chi connectivity index (χ4n) is 1.70. The lowest BCUT2D eigenvalue weighted by molar-refractivity contribution is 0.00609. The van der Waals surface area contributed by atoms with Crippen LogP contribution in [-0.4, -0.2) is 13.7 Å². The van der Waals surface area contributed by atoms with Crippen molar-refractivity contribution in [1.29, 1.82) is 0 Å². The summed E-state index contributed by atoms with van der Waals surface area (Å²) in [6.07, 6.45) is 0. The zero-order valence-electron chi connectivity index (χ0n) is 9.41. The van der Waals surface area contributed by atoms with Crippen LogP contribution in [0.4, 0.5) is 8.78 Å². The summed E-state index contributed by atoms with van der Waals surface area (Å²) in [5, 5.41) is 1.61. The second-order valence-corrected chi connectivity index (χ2v) is 3.84. The van der Waals surface area contributed by atoms with E-state index in [1.165, 1.54) is 12.1 Å². The van der Waals surface area contributed by atoms with Gasteiger partial charge in [-0.2, -0.15) is 8.78 Å². The van der Waals surface area contributed by atoms with Crippen molar-refractivity contribution in [2.75, 3.05) is 13.7 Å². The van der Waals surface area contributed by atoms with E-state index in [9.17, 15) is 8.78 Å². The minimum absolute atomic E-state index is 0.0577. The average molecular weight is 237 g/mol. The normalized spacial score (nSPS) is 11.8. The van der Waals surface area contributed by atoms with E-state index in [1.807, 2.05) is 0 Å². The first-order chi connectivity index (χ1) is 8.06. The number of rotatable bonds is 3. The molecule has 0 amide bonds. The highest BCUT2D eigenvalue weighted by atomic mass is 19.3. The van der Waals surface area contributed by atoms with Crippen LogP contribution in [0, 0.1) is 0 Å². The van der Waals surface area contributed by atoms with Crippen LogP contribution in [0.25, 0.3) is 10.8 Å². The Hall–Kier alpha value is -1.68. The Kier molecular flexibility index (Phi) is 2.98. The third kappa shape index (κ3) is 2.22. The summed E-state index contributed by atoms with van der Waals surface area (Å²) in [4.78, 5) is 0. The van der Waals surface area contributed by atoms with Gasteiger partial charge in [-0.3, -0.25) is 0 Å². The number of hydrogen-bond donors (Lipinski definition) is 1. The van der Waals surface area contributed by atoms with Gasteiger partial charge in [0.05, 0.1) is 13.7 Å². The van der Waals surface area contributed by atoms with Gasteiger partial charge in [0.15, 0.2) is 0 Å². The van der Waals surface area contributed by atoms with Gasteiger partial charge >= 0.3 is 0 Å². The van der Waals surface area contributed by atoms with Gasteiger partial charge < -0.3 is 10.5 Å². The predicted octanol–water partition coefficient (Wildman–Crippen LogP) is 2.90. The second-order valence-electron chi connectivity index (χ2n) is 3.84. The SMILES string of the molecule is COc1ccc2cc(C(F)(F)CN)ccc2c1. The van der Waals surface area contributed by atoms with Crippen LogP contribution >= 0.6 is 0 Å². The standard InChI is InChI=1S/C13H13F2NO/c1-17-12-5-3-9-6-11(13(14,15)8-16)4-2-10(9)7-12/h2-7H,8,16H2,1H3. The van der Waals surface area contributed by atoms with Gasteiger partial charge in [0.25, 0.3) is 5.92 Å². The minimum Gasteiger partial charge on any atom is -0.497 e. The molecule has 0 heterocycles. The Morgan fingerprint density at radius 2 is 1.76 bits per heavy atom. The molecule has 0 fully saturated rings. The molecular weight excluding hydrogens is 224 g/mol. The van der Waals surface area contributed by atoms with Crippen molar-refractivity contribution < 1.29 is 13.5 Å². The number of methoxy groups -OCH3 is 1. The average Bonchev–Trinajstić information content (AvgIpc) is 2.37. The molecule has 0 aliphatic carbocycles. The predicted molar refractivity (Wildman–Crippen MR) is 63.4 cm³/mol. The molecule has 0 bridgehead atoms. The number of benzene rings is 2. The molecule has 90 valence electrons. The van der Waals surface area contributed by atoms with Crippen LogP contribution < -0.4 is 10.5 Å². The van der Waals surface area contributed by atoms with Crippen molar-refractivity contribution in [2.45, 2.75) is 5.92 Å². The highest BCUT2D eigenvalue weighted by molar-refractivity contribution is 5.84. The highest BCUT2D eigenvalue weighted by Crippen LogP contribution is 2.30. The van der Waals surface area contributed by atoms with E-state index in [2.05, 4.69) is 0 Å². The Labute approximate surface area is 98.0 Å². The van der Waals surface area contributed by atoms with Crippen molar-refractivity contribution >= 4 is 10.8 Å². The molecule has 0 saturated heterocycles. The van der Waals surface area contributed by atoms with Gasteiger partial charge in [0.1, 0.15) is 5.75 Å². The summed E-state index contributed by atoms with van der Waals surface area (Å²) in [5.41, 5.74) is 5.00. The van der Waals surface area contributed by atoms with Gasteiger partial charge in [-0.25, -0.2) is 0 Å². The molecule has 0 saturated carbocycles. The maximum Gasteiger partial charge on any atom is 0.285 e. The van der Waals surface area contributed by atoms with Gasteiger partial charge in [0.2, 0.25) is 0 Å². The summed E-state index contributed by atoms with van der Waals surface area (Å²) >= 11 is 0. The van der Waals surface area contributed by atoms with E-state index in [4.69, 9.17) is 10.5 Å². The van der Waals surface area contributed by atoms with Crippen LogP contribution in [0.3, 0.4) is 0 Å². The Morgan fingerprint density at radius 3 is 2.41 bits per heavy atom. The molecule has 0 radical (unpaired) electrons. The summed E-state index contributed by atoms with van der Waals surface area (Å²) in [5.74, 6) is -2.27. The third-order valence-electron chi connectivity index (χ3n) is 2.73. The van der Waals surface area contributed by atoms with Crippen LogP contribution in [-0.2, 0) is 5.92 Å². The number of hydrogen-bond acceptors (Lipinski definition) is 2. The molecule has 2 aromatic carbocycles. The molecule has 2 N–H and O–H groups in total. The van der Waals surface area contributed by atoms with Crippen LogP contribution in [0.15, 0.2) is 36.4 Å². The summed E-state index contributed by atoms with van der Waals surface area (Å²) in [6.45, 7) is -0.686. The molecule has 2 nitrogen and oxygen atoms in total. The van der Waals surface area contributed by atoms with Crippen LogP contribution in [0.1, 0.15) is 5.56 Å². The van der Waals surface area contributed by atoms with E-state index in [0.717, 1.165) is 10.8 Å². The molecule has 0 aliphatic heterocycles. The summed E-state index contributed by atoms with van der Waals surface area (Å²) in [7, 11) is 1.57. The molecule has 0 unspecified atom stereocenters. The summed E-state index contributed by atoms with van der Waals surface area (Å²) in [6, 6.07) is 9.81. The fraction of sp³-hybridized carbons (Fsp3) is 0.231. The number of ether oxygens (including phenoxy) is 1. The quantitative estimate of drug-likeness (QED) is 0.890. The third-order valence-corrected chi connectivity index (χ3v) is 2.73. The fourth-order valence-corrected chi connectivity index (χ4v) is 1.70. The lowest BCUT2D eigenvalue weighted by Gasteiger charge is -2.14. The molecule has 17 heavy (non-hydrogen) atoms. The number of halogens is 2. The second kappa shape index (κ2) is 4.30. The smallest absolute Gasteiger partial charge is 0.285 e. The minimum atomic E-state index is -2.98. The lowest BCUT2D eigenvalue weighted by atomic mass is 10.0. The van der Waals surface area contributed by atoms with E-state index in [-0.39, 0.29) is 5.56 Å². The van der Waals surface area contributed by atoms with Gasteiger partial charge in [-0.1, -0.05) is 18.2 Å². The first kappa shape index (κ1) is 11.8. The van der Waals surface area contributed by atoms with E-state index in [1.54, 1.807) is 31.4 Å². The van der Waals surface area contributed by atoms with E-state index < -0.39 is 12.5 Å². The Morgan fingerprint density at radius 1 is 1.12 bits per heavy atom. The topological polar surface area (TPSA) is 35.2 Å². The first-order valence-corrected chi connectivity index (χ1v) is 5.23. The molecule has 0 spiro atoms. The van der Waals surface area contributed by atoms with Gasteiger partial charge in [-0.05, 0) is 29.0 Å². The molecule has 2 aromatic rings. The molecular formula is C13H13F2NO. The van der Waals surface area contributed by atoms with E-state index >= 15 is 0 Å². The number of nitrogens with two attached hydrogens (primary N) is 1. The zero-order chi connectivity index (χ0) is 12.5. The van der Waals surface area contributed by atoms with Crippen LogP contribution in [0.5, 0.6) is 5.75 Å². The highest BCUT2D eigenvalue weighted by Gasteiger charge is 2.29. The maximum absolute atomic E-state index is 13.4. The van der Waals surface area contributed by atoms with Gasteiger partial charge in [0, 0.05) is 5.56 Å². The first-order valence-electron chi connectivity index (χ1n) is 5.23. The van der Waals surface area contributed by atoms with Crippen molar-refractivity contribution in [1.82, 2.24) is 0 Å². The Balaban J connectivity index is 2.52. The van der Waals surface area contributed by atoms with Crippen molar-refractivity contribution in [3.05, 3.63) is 42.0 Å². The van der Waals surface area contributed by atoms with E-state index in [0.29, 0.717) is 5.75 Å².